The Morgan fingerprint density at radius 2 is 1.55 bits per heavy atom. The van der Waals surface area contributed by atoms with E-state index in [1.165, 1.54) is 11.3 Å². The summed E-state index contributed by atoms with van der Waals surface area (Å²) in [6, 6.07) is 15.9. The highest BCUT2D eigenvalue weighted by atomic mass is 16.4. The fraction of sp³-hybridized carbons (Fsp3) is 0.250. The quantitative estimate of drug-likeness (QED) is 0.812. The molecule has 0 atom stereocenters. The van der Waals surface area contributed by atoms with Crippen molar-refractivity contribution in [2.45, 2.75) is 20.4 Å². The molecule has 0 unspecified atom stereocenters. The van der Waals surface area contributed by atoms with Crippen molar-refractivity contribution in [3.05, 3.63) is 59.7 Å². The van der Waals surface area contributed by atoms with Crippen molar-refractivity contribution in [2.75, 3.05) is 11.4 Å². The van der Waals surface area contributed by atoms with Crippen molar-refractivity contribution in [3.63, 3.8) is 0 Å². The zero-order chi connectivity index (χ0) is 14.5. The number of hydrogen-bond acceptors (Lipinski definition) is 3. The molecule has 2 aromatic rings. The Morgan fingerprint density at radius 3 is 2.05 bits per heavy atom. The summed E-state index contributed by atoms with van der Waals surface area (Å²) in [4.78, 5) is 2.28. The van der Waals surface area contributed by atoms with Crippen LogP contribution in [0.4, 0.5) is 5.69 Å². The fourth-order valence-corrected chi connectivity index (χ4v) is 2.16. The molecule has 0 aliphatic carbocycles. The van der Waals surface area contributed by atoms with Crippen LogP contribution in [0.2, 0.25) is 0 Å². The van der Waals surface area contributed by atoms with E-state index in [0.717, 1.165) is 18.7 Å². The molecule has 0 radical (unpaired) electrons. The number of nitrogens with zero attached hydrogens (tertiary/aromatic N) is 1. The molecule has 0 aromatic heterocycles. The minimum Gasteiger partial charge on any atom is -0.423 e. The van der Waals surface area contributed by atoms with Crippen LogP contribution in [-0.2, 0) is 6.54 Å². The van der Waals surface area contributed by atoms with E-state index in [1.54, 1.807) is 12.1 Å². The first kappa shape index (κ1) is 14.6. The second-order valence-corrected chi connectivity index (χ2v) is 4.96. The van der Waals surface area contributed by atoms with Crippen LogP contribution in [0.1, 0.15) is 18.1 Å². The lowest BCUT2D eigenvalue weighted by molar-refractivity contribution is 0.426. The van der Waals surface area contributed by atoms with Gasteiger partial charge >= 0.3 is 7.12 Å². The summed E-state index contributed by atoms with van der Waals surface area (Å²) in [5, 5.41) is 18.2. The Hall–Kier alpha value is -1.78. The fourth-order valence-electron chi connectivity index (χ4n) is 2.16. The van der Waals surface area contributed by atoms with E-state index in [0.29, 0.717) is 5.46 Å². The average molecular weight is 269 g/mol. The summed E-state index contributed by atoms with van der Waals surface area (Å²) in [6.45, 7) is 5.94. The lowest BCUT2D eigenvalue weighted by Crippen LogP contribution is -2.29. The molecule has 0 saturated heterocycles. The van der Waals surface area contributed by atoms with Gasteiger partial charge in [0.05, 0.1) is 0 Å². The van der Waals surface area contributed by atoms with Gasteiger partial charge in [-0.2, -0.15) is 0 Å². The topological polar surface area (TPSA) is 43.7 Å². The zero-order valence-electron chi connectivity index (χ0n) is 12.0. The Balaban J connectivity index is 2.11. The molecule has 3 nitrogen and oxygen atoms in total. The van der Waals surface area contributed by atoms with Gasteiger partial charge in [0.1, 0.15) is 0 Å². The summed E-state index contributed by atoms with van der Waals surface area (Å²) in [5.41, 5.74) is 4.12. The van der Waals surface area contributed by atoms with Crippen LogP contribution in [0.5, 0.6) is 0 Å². The molecule has 0 fully saturated rings. The number of anilines is 1. The van der Waals surface area contributed by atoms with Crippen LogP contribution in [0.3, 0.4) is 0 Å². The summed E-state index contributed by atoms with van der Waals surface area (Å²) in [7, 11) is -1.40. The van der Waals surface area contributed by atoms with Crippen LogP contribution < -0.4 is 10.4 Å². The Bertz CT molecular complexity index is 537. The highest BCUT2D eigenvalue weighted by Crippen LogP contribution is 2.17. The number of rotatable bonds is 5. The SMILES string of the molecule is CCN(Cc1ccc(B(O)O)cc1)c1ccc(C)cc1. The molecule has 104 valence electrons. The smallest absolute Gasteiger partial charge is 0.423 e. The van der Waals surface area contributed by atoms with Gasteiger partial charge in [0.15, 0.2) is 0 Å². The second kappa shape index (κ2) is 6.59. The first-order chi connectivity index (χ1) is 9.60. The summed E-state index contributed by atoms with van der Waals surface area (Å²) in [5.74, 6) is 0. The van der Waals surface area contributed by atoms with Crippen molar-refractivity contribution < 1.29 is 10.0 Å². The van der Waals surface area contributed by atoms with Gasteiger partial charge in [-0.05, 0) is 37.0 Å². The molecule has 2 aromatic carbocycles. The number of aryl methyl sites for hydroxylation is 1. The molecule has 0 saturated carbocycles. The normalized spacial score (nSPS) is 10.4. The van der Waals surface area contributed by atoms with E-state index in [4.69, 9.17) is 10.0 Å². The molecule has 4 heteroatoms. The Kier molecular flexibility index (Phi) is 4.82. The third kappa shape index (κ3) is 3.62. The molecule has 2 rings (SSSR count). The van der Waals surface area contributed by atoms with Gasteiger partial charge in [0, 0.05) is 18.8 Å². The van der Waals surface area contributed by atoms with Gasteiger partial charge in [0.25, 0.3) is 0 Å². The minimum atomic E-state index is -1.40. The van der Waals surface area contributed by atoms with Crippen molar-refractivity contribution in [2.24, 2.45) is 0 Å². The van der Waals surface area contributed by atoms with Gasteiger partial charge in [0.2, 0.25) is 0 Å². The standard InChI is InChI=1S/C16H20BNO2/c1-3-18(16-10-4-13(2)5-11-16)12-14-6-8-15(9-7-14)17(19)20/h4-11,19-20H,3,12H2,1-2H3. The van der Waals surface area contributed by atoms with Gasteiger partial charge in [-0.1, -0.05) is 42.0 Å². The number of hydrogen-bond donors (Lipinski definition) is 2. The summed E-state index contributed by atoms with van der Waals surface area (Å²) in [6.07, 6.45) is 0. The average Bonchev–Trinajstić information content (AvgIpc) is 2.46. The number of benzene rings is 2. The third-order valence-corrected chi connectivity index (χ3v) is 3.43. The molecule has 0 amide bonds. The monoisotopic (exact) mass is 269 g/mol. The van der Waals surface area contributed by atoms with E-state index in [1.807, 2.05) is 12.1 Å². The summed E-state index contributed by atoms with van der Waals surface area (Å²) < 4.78 is 0. The molecular formula is C16H20BNO2. The lowest BCUT2D eigenvalue weighted by atomic mass is 9.80. The molecule has 0 aliphatic heterocycles. The Labute approximate surface area is 120 Å². The molecule has 20 heavy (non-hydrogen) atoms. The van der Waals surface area contributed by atoms with Crippen molar-refractivity contribution >= 4 is 18.3 Å². The van der Waals surface area contributed by atoms with Crippen LogP contribution >= 0.6 is 0 Å². The Morgan fingerprint density at radius 1 is 0.950 bits per heavy atom. The maximum Gasteiger partial charge on any atom is 0.488 e. The van der Waals surface area contributed by atoms with Crippen molar-refractivity contribution in [1.29, 1.82) is 0 Å². The van der Waals surface area contributed by atoms with Gasteiger partial charge in [-0.25, -0.2) is 0 Å². The largest absolute Gasteiger partial charge is 0.488 e. The highest BCUT2D eigenvalue weighted by molar-refractivity contribution is 6.58. The van der Waals surface area contributed by atoms with E-state index < -0.39 is 7.12 Å². The predicted octanol–water partition coefficient (Wildman–Crippen LogP) is 1.70. The molecular weight excluding hydrogens is 249 g/mol. The first-order valence-corrected chi connectivity index (χ1v) is 6.86. The second-order valence-electron chi connectivity index (χ2n) is 4.96. The predicted molar refractivity (Wildman–Crippen MR) is 84.2 cm³/mol. The zero-order valence-corrected chi connectivity index (χ0v) is 12.0. The molecule has 2 N–H and O–H groups in total. The third-order valence-electron chi connectivity index (χ3n) is 3.43. The highest BCUT2D eigenvalue weighted by Gasteiger charge is 2.10. The van der Waals surface area contributed by atoms with Crippen molar-refractivity contribution in [1.82, 2.24) is 0 Å². The molecule has 0 bridgehead atoms. The first-order valence-electron chi connectivity index (χ1n) is 6.86. The van der Waals surface area contributed by atoms with Gasteiger partial charge in [-0.15, -0.1) is 0 Å². The van der Waals surface area contributed by atoms with E-state index in [9.17, 15) is 0 Å². The molecule has 0 heterocycles. The maximum absolute atomic E-state index is 9.09. The summed E-state index contributed by atoms with van der Waals surface area (Å²) >= 11 is 0. The van der Waals surface area contributed by atoms with Gasteiger partial charge < -0.3 is 14.9 Å². The van der Waals surface area contributed by atoms with Crippen LogP contribution in [0.25, 0.3) is 0 Å². The maximum atomic E-state index is 9.09. The van der Waals surface area contributed by atoms with Crippen LogP contribution in [-0.4, -0.2) is 23.7 Å². The minimum absolute atomic E-state index is 0.520. The lowest BCUT2D eigenvalue weighted by Gasteiger charge is -2.23. The van der Waals surface area contributed by atoms with E-state index >= 15 is 0 Å². The van der Waals surface area contributed by atoms with Crippen LogP contribution in [0, 0.1) is 6.92 Å². The van der Waals surface area contributed by atoms with Gasteiger partial charge in [-0.3, -0.25) is 0 Å². The van der Waals surface area contributed by atoms with Crippen molar-refractivity contribution in [3.8, 4) is 0 Å². The molecule has 0 spiro atoms. The van der Waals surface area contributed by atoms with E-state index in [2.05, 4.69) is 43.0 Å². The van der Waals surface area contributed by atoms with Crippen LogP contribution in [0.15, 0.2) is 48.5 Å². The molecule has 0 aliphatic rings. The van der Waals surface area contributed by atoms with E-state index in [-0.39, 0.29) is 0 Å².